The number of anilines is 1. The molecule has 1 aromatic carbocycles. The van der Waals surface area contributed by atoms with Crippen LogP contribution in [0.4, 0.5) is 6.01 Å². The molecule has 1 aliphatic rings. The highest BCUT2D eigenvalue weighted by Gasteiger charge is 2.38. The third-order valence-corrected chi connectivity index (χ3v) is 3.57. The van der Waals surface area contributed by atoms with Crippen molar-refractivity contribution in [2.75, 3.05) is 4.90 Å². The molecule has 6 nitrogen and oxygen atoms in total. The molecule has 0 N–H and O–H groups in total. The van der Waals surface area contributed by atoms with Gasteiger partial charge in [-0.2, -0.15) is 4.98 Å². The molecule has 0 bridgehead atoms. The normalized spacial score (nSPS) is 14.5. The van der Waals surface area contributed by atoms with E-state index in [2.05, 4.69) is 9.97 Å². The van der Waals surface area contributed by atoms with Gasteiger partial charge in [0.25, 0.3) is 5.91 Å². The summed E-state index contributed by atoms with van der Waals surface area (Å²) in [6, 6.07) is 7.91. The van der Waals surface area contributed by atoms with E-state index in [0.29, 0.717) is 23.1 Å². The van der Waals surface area contributed by atoms with Gasteiger partial charge in [0.15, 0.2) is 17.7 Å². The van der Waals surface area contributed by atoms with Gasteiger partial charge in [-0.25, -0.2) is 4.98 Å². The van der Waals surface area contributed by atoms with Gasteiger partial charge in [-0.15, -0.1) is 0 Å². The van der Waals surface area contributed by atoms with Gasteiger partial charge >= 0.3 is 6.01 Å². The molecule has 1 aliphatic carbocycles. The molecule has 0 aliphatic heterocycles. The van der Waals surface area contributed by atoms with E-state index in [1.807, 2.05) is 24.3 Å². The average molecular weight is 283 g/mol. The van der Waals surface area contributed by atoms with Crippen molar-refractivity contribution in [1.82, 2.24) is 9.97 Å². The van der Waals surface area contributed by atoms with Crippen LogP contribution in [0.1, 0.15) is 29.1 Å². The van der Waals surface area contributed by atoms with Crippen LogP contribution >= 0.6 is 0 Å². The summed E-state index contributed by atoms with van der Waals surface area (Å²) in [6.07, 6.45) is 3.17. The highest BCUT2D eigenvalue weighted by atomic mass is 16.4. The van der Waals surface area contributed by atoms with Crippen LogP contribution in [-0.4, -0.2) is 21.9 Å². The molecule has 0 unspecified atom stereocenters. The predicted octanol–water partition coefficient (Wildman–Crippen LogP) is 2.93. The fourth-order valence-electron chi connectivity index (χ4n) is 2.33. The number of para-hydroxylation sites is 2. The van der Waals surface area contributed by atoms with E-state index in [9.17, 15) is 4.79 Å². The number of hydrogen-bond acceptors (Lipinski definition) is 5. The van der Waals surface area contributed by atoms with Gasteiger partial charge in [0, 0.05) is 6.04 Å². The molecule has 0 saturated heterocycles. The zero-order valence-corrected chi connectivity index (χ0v) is 11.4. The molecule has 6 heteroatoms. The predicted molar refractivity (Wildman–Crippen MR) is 75.1 cm³/mol. The molecule has 0 radical (unpaired) electrons. The SMILES string of the molecule is Cc1ocnc1C(=O)N(c1nc2ccccc2o1)C1CC1. The monoisotopic (exact) mass is 283 g/mol. The lowest BCUT2D eigenvalue weighted by atomic mass is 10.3. The van der Waals surface area contributed by atoms with Crippen LogP contribution in [0.25, 0.3) is 11.1 Å². The van der Waals surface area contributed by atoms with E-state index in [4.69, 9.17) is 8.83 Å². The zero-order valence-electron chi connectivity index (χ0n) is 11.4. The smallest absolute Gasteiger partial charge is 0.305 e. The summed E-state index contributed by atoms with van der Waals surface area (Å²) in [5.74, 6) is 0.275. The first-order valence-electron chi connectivity index (χ1n) is 6.83. The maximum atomic E-state index is 12.7. The maximum Gasteiger partial charge on any atom is 0.305 e. The number of oxazole rings is 2. The Balaban J connectivity index is 1.78. The Hall–Kier alpha value is -2.63. The number of fused-ring (bicyclic) bond motifs is 1. The summed E-state index contributed by atoms with van der Waals surface area (Å²) in [7, 11) is 0. The van der Waals surface area contributed by atoms with Crippen LogP contribution < -0.4 is 4.90 Å². The Morgan fingerprint density at radius 2 is 2.14 bits per heavy atom. The Kier molecular flexibility index (Phi) is 2.57. The average Bonchev–Trinajstić information content (AvgIpc) is 3.06. The first kappa shape index (κ1) is 12.1. The quantitative estimate of drug-likeness (QED) is 0.739. The van der Waals surface area contributed by atoms with E-state index < -0.39 is 0 Å². The van der Waals surface area contributed by atoms with Crippen molar-refractivity contribution in [3.8, 4) is 0 Å². The Labute approximate surface area is 120 Å². The summed E-state index contributed by atoms with van der Waals surface area (Å²) in [5.41, 5.74) is 1.72. The van der Waals surface area contributed by atoms with Crippen LogP contribution in [0.15, 0.2) is 39.5 Å². The second-order valence-electron chi connectivity index (χ2n) is 5.13. The fraction of sp³-hybridized carbons (Fsp3) is 0.267. The Morgan fingerprint density at radius 1 is 1.33 bits per heavy atom. The van der Waals surface area contributed by atoms with E-state index in [0.717, 1.165) is 18.4 Å². The molecule has 3 aromatic rings. The van der Waals surface area contributed by atoms with Gasteiger partial charge in [-0.3, -0.25) is 9.69 Å². The minimum absolute atomic E-state index is 0.127. The highest BCUT2D eigenvalue weighted by molar-refractivity contribution is 6.05. The van der Waals surface area contributed by atoms with Crippen molar-refractivity contribution in [3.63, 3.8) is 0 Å². The van der Waals surface area contributed by atoms with E-state index in [1.165, 1.54) is 6.39 Å². The van der Waals surface area contributed by atoms with Crippen molar-refractivity contribution in [1.29, 1.82) is 0 Å². The molecule has 1 fully saturated rings. The minimum Gasteiger partial charge on any atom is -0.448 e. The number of aryl methyl sites for hydroxylation is 1. The highest BCUT2D eigenvalue weighted by Crippen LogP contribution is 2.34. The van der Waals surface area contributed by atoms with Crippen LogP contribution in [0.5, 0.6) is 0 Å². The number of amides is 1. The molecule has 0 spiro atoms. The molecule has 4 rings (SSSR count). The third-order valence-electron chi connectivity index (χ3n) is 3.57. The van der Waals surface area contributed by atoms with Crippen LogP contribution in [0, 0.1) is 6.92 Å². The summed E-state index contributed by atoms with van der Waals surface area (Å²) >= 11 is 0. The van der Waals surface area contributed by atoms with Crippen molar-refractivity contribution in [2.45, 2.75) is 25.8 Å². The fourth-order valence-corrected chi connectivity index (χ4v) is 2.33. The lowest BCUT2D eigenvalue weighted by Gasteiger charge is -2.16. The summed E-state index contributed by atoms with van der Waals surface area (Å²) < 4.78 is 10.8. The van der Waals surface area contributed by atoms with Gasteiger partial charge in [0.05, 0.1) is 0 Å². The minimum atomic E-state index is -0.227. The lowest BCUT2D eigenvalue weighted by molar-refractivity contribution is 0.0974. The topological polar surface area (TPSA) is 72.4 Å². The van der Waals surface area contributed by atoms with E-state index in [-0.39, 0.29) is 11.9 Å². The first-order valence-corrected chi connectivity index (χ1v) is 6.83. The van der Waals surface area contributed by atoms with Gasteiger partial charge in [0.2, 0.25) is 0 Å². The Bertz CT molecular complexity index is 783. The number of carbonyl (C=O) groups excluding carboxylic acids is 1. The molecular formula is C15H13N3O3. The number of nitrogens with zero attached hydrogens (tertiary/aromatic N) is 3. The first-order chi connectivity index (χ1) is 10.2. The number of rotatable bonds is 3. The van der Waals surface area contributed by atoms with Gasteiger partial charge in [-0.1, -0.05) is 12.1 Å². The van der Waals surface area contributed by atoms with Gasteiger partial charge in [0.1, 0.15) is 11.3 Å². The molecule has 1 saturated carbocycles. The van der Waals surface area contributed by atoms with Crippen molar-refractivity contribution < 1.29 is 13.6 Å². The molecule has 21 heavy (non-hydrogen) atoms. The van der Waals surface area contributed by atoms with Gasteiger partial charge < -0.3 is 8.83 Å². The van der Waals surface area contributed by atoms with E-state index >= 15 is 0 Å². The number of carbonyl (C=O) groups is 1. The summed E-state index contributed by atoms with van der Waals surface area (Å²) in [6.45, 7) is 1.72. The molecule has 0 atom stereocenters. The second kappa shape index (κ2) is 4.44. The summed E-state index contributed by atoms with van der Waals surface area (Å²) in [4.78, 5) is 22.7. The number of benzene rings is 1. The van der Waals surface area contributed by atoms with Crippen molar-refractivity contribution in [3.05, 3.63) is 42.1 Å². The summed E-state index contributed by atoms with van der Waals surface area (Å²) in [5, 5.41) is 0. The molecular weight excluding hydrogens is 270 g/mol. The molecule has 1 amide bonds. The second-order valence-corrected chi connectivity index (χ2v) is 5.13. The van der Waals surface area contributed by atoms with Crippen molar-refractivity contribution in [2.24, 2.45) is 0 Å². The third kappa shape index (κ3) is 1.99. The molecule has 106 valence electrons. The van der Waals surface area contributed by atoms with E-state index in [1.54, 1.807) is 11.8 Å². The van der Waals surface area contributed by atoms with Gasteiger partial charge in [-0.05, 0) is 31.9 Å². The lowest BCUT2D eigenvalue weighted by Crippen LogP contribution is -2.34. The number of hydrogen-bond donors (Lipinski definition) is 0. The largest absolute Gasteiger partial charge is 0.448 e. The zero-order chi connectivity index (χ0) is 14.4. The standard InChI is InChI=1S/C15H13N3O3/c1-9-13(16-8-20-9)14(19)18(10-6-7-10)15-17-11-4-2-3-5-12(11)21-15/h2-5,8,10H,6-7H2,1H3. The number of aromatic nitrogens is 2. The Morgan fingerprint density at radius 3 is 2.81 bits per heavy atom. The van der Waals surface area contributed by atoms with Crippen LogP contribution in [0.3, 0.4) is 0 Å². The van der Waals surface area contributed by atoms with Crippen LogP contribution in [-0.2, 0) is 0 Å². The molecule has 2 heterocycles. The van der Waals surface area contributed by atoms with Crippen LogP contribution in [0.2, 0.25) is 0 Å². The molecule has 2 aromatic heterocycles. The van der Waals surface area contributed by atoms with Crippen molar-refractivity contribution >= 4 is 23.0 Å². The maximum absolute atomic E-state index is 12.7.